The van der Waals surface area contributed by atoms with E-state index < -0.39 is 5.41 Å². The van der Waals surface area contributed by atoms with E-state index in [9.17, 15) is 9.59 Å². The number of nitrogens with one attached hydrogen (secondary N) is 1. The summed E-state index contributed by atoms with van der Waals surface area (Å²) in [7, 11) is 0. The van der Waals surface area contributed by atoms with Gasteiger partial charge in [0.25, 0.3) is 0 Å². The van der Waals surface area contributed by atoms with E-state index in [1.54, 1.807) is 12.1 Å². The molecule has 0 radical (unpaired) electrons. The molecule has 1 aromatic carbocycles. The van der Waals surface area contributed by atoms with E-state index in [0.717, 1.165) is 31.5 Å². The predicted octanol–water partition coefficient (Wildman–Crippen LogP) is 3.69. The van der Waals surface area contributed by atoms with Gasteiger partial charge in [-0.3, -0.25) is 9.59 Å². The SMILES string of the molecule is CC1CCCN(C(=O)C2(C(=O)NCCc3ccc(Cl)cc3Cl)CC2)C1. The zero-order valence-electron chi connectivity index (χ0n) is 14.5. The van der Waals surface area contributed by atoms with Crippen molar-refractivity contribution < 1.29 is 9.59 Å². The van der Waals surface area contributed by atoms with Crippen molar-refractivity contribution >= 4 is 35.0 Å². The molecule has 4 nitrogen and oxygen atoms in total. The molecule has 1 aliphatic heterocycles. The van der Waals surface area contributed by atoms with Crippen molar-refractivity contribution in [2.45, 2.75) is 39.0 Å². The summed E-state index contributed by atoms with van der Waals surface area (Å²) >= 11 is 12.0. The monoisotopic (exact) mass is 382 g/mol. The number of hydrogen-bond donors (Lipinski definition) is 1. The number of amides is 2. The van der Waals surface area contributed by atoms with Crippen molar-refractivity contribution in [2.75, 3.05) is 19.6 Å². The Bertz CT molecular complexity index is 673. The van der Waals surface area contributed by atoms with Crippen LogP contribution in [0.4, 0.5) is 0 Å². The fourth-order valence-corrected chi connectivity index (χ4v) is 4.05. The molecule has 1 saturated carbocycles. The third kappa shape index (κ3) is 4.12. The molecule has 2 aliphatic rings. The van der Waals surface area contributed by atoms with Gasteiger partial charge >= 0.3 is 0 Å². The van der Waals surface area contributed by atoms with Crippen molar-refractivity contribution in [2.24, 2.45) is 11.3 Å². The van der Waals surface area contributed by atoms with Crippen molar-refractivity contribution in [3.63, 3.8) is 0 Å². The Morgan fingerprint density at radius 2 is 2.08 bits per heavy atom. The number of benzene rings is 1. The van der Waals surface area contributed by atoms with Crippen LogP contribution >= 0.6 is 23.2 Å². The van der Waals surface area contributed by atoms with E-state index in [1.165, 1.54) is 0 Å². The van der Waals surface area contributed by atoms with Crippen LogP contribution in [0.1, 0.15) is 38.2 Å². The van der Waals surface area contributed by atoms with E-state index in [1.807, 2.05) is 11.0 Å². The van der Waals surface area contributed by atoms with Crippen molar-refractivity contribution in [3.05, 3.63) is 33.8 Å². The van der Waals surface area contributed by atoms with Gasteiger partial charge in [0.05, 0.1) is 0 Å². The molecule has 2 fully saturated rings. The van der Waals surface area contributed by atoms with Crippen molar-refractivity contribution in [1.82, 2.24) is 10.2 Å². The van der Waals surface area contributed by atoms with Crippen LogP contribution in [0, 0.1) is 11.3 Å². The number of rotatable bonds is 5. The van der Waals surface area contributed by atoms with Crippen LogP contribution in [0.5, 0.6) is 0 Å². The van der Waals surface area contributed by atoms with Gasteiger partial charge in [0, 0.05) is 29.7 Å². The van der Waals surface area contributed by atoms with Gasteiger partial charge in [-0.05, 0) is 55.7 Å². The molecule has 0 spiro atoms. The second-order valence-electron chi connectivity index (χ2n) is 7.32. The second-order valence-corrected chi connectivity index (χ2v) is 8.17. The summed E-state index contributed by atoms with van der Waals surface area (Å²) in [6.45, 7) is 4.17. The topological polar surface area (TPSA) is 49.4 Å². The number of likely N-dealkylation sites (tertiary alicyclic amines) is 1. The van der Waals surface area contributed by atoms with Crippen LogP contribution in [0.25, 0.3) is 0 Å². The Labute approximate surface area is 158 Å². The predicted molar refractivity (Wildman–Crippen MR) is 99.8 cm³/mol. The minimum atomic E-state index is -0.819. The maximum Gasteiger partial charge on any atom is 0.238 e. The average molecular weight is 383 g/mol. The fraction of sp³-hybridized carbons (Fsp3) is 0.579. The standard InChI is InChI=1S/C19H24Cl2N2O2/c1-13-3-2-10-23(12-13)18(25)19(7-8-19)17(24)22-9-6-14-4-5-15(20)11-16(14)21/h4-5,11,13H,2-3,6-10,12H2,1H3,(H,22,24). The summed E-state index contributed by atoms with van der Waals surface area (Å²) in [5, 5.41) is 4.12. The van der Waals surface area contributed by atoms with Crippen molar-refractivity contribution in [1.29, 1.82) is 0 Å². The minimum absolute atomic E-state index is 0.0149. The summed E-state index contributed by atoms with van der Waals surface area (Å²) in [6.07, 6.45) is 4.12. The maximum atomic E-state index is 12.8. The first-order valence-corrected chi connectivity index (χ1v) is 9.69. The average Bonchev–Trinajstić information content (AvgIpc) is 3.38. The van der Waals surface area contributed by atoms with Gasteiger partial charge in [-0.2, -0.15) is 0 Å². The highest BCUT2D eigenvalue weighted by Crippen LogP contribution is 2.48. The van der Waals surface area contributed by atoms with E-state index in [-0.39, 0.29) is 11.8 Å². The van der Waals surface area contributed by atoms with E-state index in [0.29, 0.717) is 41.8 Å². The molecule has 136 valence electrons. The smallest absolute Gasteiger partial charge is 0.238 e. The van der Waals surface area contributed by atoms with Crippen LogP contribution in [-0.4, -0.2) is 36.3 Å². The van der Waals surface area contributed by atoms with Crippen LogP contribution in [0.3, 0.4) is 0 Å². The molecule has 25 heavy (non-hydrogen) atoms. The van der Waals surface area contributed by atoms with Gasteiger partial charge in [0.1, 0.15) is 5.41 Å². The van der Waals surface area contributed by atoms with E-state index in [4.69, 9.17) is 23.2 Å². The highest BCUT2D eigenvalue weighted by atomic mass is 35.5. The molecule has 1 N–H and O–H groups in total. The maximum absolute atomic E-state index is 12.8. The molecule has 1 atom stereocenters. The normalized spacial score (nSPS) is 21.7. The first-order valence-electron chi connectivity index (χ1n) is 8.94. The van der Waals surface area contributed by atoms with E-state index in [2.05, 4.69) is 12.2 Å². The summed E-state index contributed by atoms with van der Waals surface area (Å²) in [6, 6.07) is 5.35. The first kappa shape index (κ1) is 18.5. The fourth-order valence-electron chi connectivity index (χ4n) is 3.54. The van der Waals surface area contributed by atoms with Gasteiger partial charge in [-0.25, -0.2) is 0 Å². The van der Waals surface area contributed by atoms with Crippen LogP contribution in [0.15, 0.2) is 18.2 Å². The number of hydrogen-bond acceptors (Lipinski definition) is 2. The summed E-state index contributed by atoms with van der Waals surface area (Å²) in [4.78, 5) is 27.3. The molecular weight excluding hydrogens is 359 g/mol. The zero-order chi connectivity index (χ0) is 18.0. The zero-order valence-corrected chi connectivity index (χ0v) is 16.0. The third-order valence-electron chi connectivity index (χ3n) is 5.23. The van der Waals surface area contributed by atoms with Gasteiger partial charge in [-0.1, -0.05) is 36.2 Å². The molecule has 6 heteroatoms. The number of carbonyl (C=O) groups excluding carboxylic acids is 2. The lowest BCUT2D eigenvalue weighted by molar-refractivity contribution is -0.145. The summed E-state index contributed by atoms with van der Waals surface area (Å²) in [5.41, 5.74) is 0.119. The molecule has 0 bridgehead atoms. The first-order chi connectivity index (χ1) is 11.9. The van der Waals surface area contributed by atoms with E-state index >= 15 is 0 Å². The Morgan fingerprint density at radius 3 is 2.72 bits per heavy atom. The molecule has 1 unspecified atom stereocenters. The second kappa shape index (κ2) is 7.55. The Balaban J connectivity index is 1.54. The number of carbonyl (C=O) groups is 2. The number of halogens is 2. The largest absolute Gasteiger partial charge is 0.355 e. The quantitative estimate of drug-likeness (QED) is 0.789. The van der Waals surface area contributed by atoms with Gasteiger partial charge in [0.15, 0.2) is 0 Å². The molecule has 1 aromatic rings. The van der Waals surface area contributed by atoms with Crippen LogP contribution in [-0.2, 0) is 16.0 Å². The Kier molecular flexibility index (Phi) is 5.59. The lowest BCUT2D eigenvalue weighted by Crippen LogP contribution is -2.48. The molecular formula is C19H24Cl2N2O2. The van der Waals surface area contributed by atoms with Gasteiger partial charge in [0.2, 0.25) is 11.8 Å². The van der Waals surface area contributed by atoms with Gasteiger partial charge < -0.3 is 10.2 Å². The molecule has 2 amide bonds. The number of piperidine rings is 1. The summed E-state index contributed by atoms with van der Waals surface area (Å²) < 4.78 is 0. The molecule has 0 aromatic heterocycles. The Morgan fingerprint density at radius 1 is 1.32 bits per heavy atom. The molecule has 3 rings (SSSR count). The molecule has 1 saturated heterocycles. The van der Waals surface area contributed by atoms with Gasteiger partial charge in [-0.15, -0.1) is 0 Å². The highest BCUT2D eigenvalue weighted by molar-refractivity contribution is 6.35. The third-order valence-corrected chi connectivity index (χ3v) is 5.82. The van der Waals surface area contributed by atoms with Crippen LogP contribution in [0.2, 0.25) is 10.0 Å². The number of nitrogens with zero attached hydrogens (tertiary/aromatic N) is 1. The lowest BCUT2D eigenvalue weighted by Gasteiger charge is -2.33. The Hall–Kier alpha value is -1.26. The highest BCUT2D eigenvalue weighted by Gasteiger charge is 2.58. The van der Waals surface area contributed by atoms with Crippen LogP contribution < -0.4 is 5.32 Å². The summed E-state index contributed by atoms with van der Waals surface area (Å²) in [5.74, 6) is 0.394. The lowest BCUT2D eigenvalue weighted by atomic mass is 9.96. The molecule has 1 heterocycles. The van der Waals surface area contributed by atoms with Crippen molar-refractivity contribution in [3.8, 4) is 0 Å². The molecule has 1 aliphatic carbocycles. The minimum Gasteiger partial charge on any atom is -0.355 e.